The van der Waals surface area contributed by atoms with E-state index in [1.54, 1.807) is 31.2 Å². The Morgan fingerprint density at radius 3 is 2.70 bits per heavy atom. The van der Waals surface area contributed by atoms with Gasteiger partial charge in [0.2, 0.25) is 11.8 Å². The molecule has 1 aromatic carbocycles. The predicted octanol–water partition coefficient (Wildman–Crippen LogP) is 3.01. The second kappa shape index (κ2) is 7.10. The first-order chi connectivity index (χ1) is 9.38. The molecule has 1 unspecified atom stereocenters. The number of rotatable bonds is 5. The topological polar surface area (TPSA) is 49.4 Å². The van der Waals surface area contributed by atoms with Gasteiger partial charge in [-0.3, -0.25) is 9.59 Å². The Morgan fingerprint density at radius 1 is 1.50 bits per heavy atom. The number of hydrogen-bond acceptors (Lipinski definition) is 2. The molecule has 20 heavy (non-hydrogen) atoms. The van der Waals surface area contributed by atoms with Crippen LogP contribution in [0, 0.1) is 6.92 Å². The quantitative estimate of drug-likeness (QED) is 0.849. The van der Waals surface area contributed by atoms with Gasteiger partial charge in [0, 0.05) is 24.2 Å². The lowest BCUT2D eigenvalue weighted by Gasteiger charge is -2.26. The molecule has 108 valence electrons. The van der Waals surface area contributed by atoms with Gasteiger partial charge in [-0.1, -0.05) is 23.7 Å². The van der Waals surface area contributed by atoms with E-state index in [-0.39, 0.29) is 11.8 Å². The van der Waals surface area contributed by atoms with Crippen molar-refractivity contribution in [2.24, 2.45) is 0 Å². The summed E-state index contributed by atoms with van der Waals surface area (Å²) in [7, 11) is 0. The van der Waals surface area contributed by atoms with Crippen LogP contribution in [0.25, 0.3) is 0 Å². The number of anilines is 1. The lowest BCUT2D eigenvalue weighted by Crippen LogP contribution is -2.44. The number of carbonyl (C=O) groups is 2. The summed E-state index contributed by atoms with van der Waals surface area (Å²) in [6.45, 7) is 8.86. The van der Waals surface area contributed by atoms with Crippen LogP contribution >= 0.6 is 11.6 Å². The van der Waals surface area contributed by atoms with Crippen molar-refractivity contribution in [3.05, 3.63) is 41.4 Å². The third-order valence-corrected chi connectivity index (χ3v) is 3.51. The summed E-state index contributed by atoms with van der Waals surface area (Å²) in [5.74, 6) is -0.428. The maximum Gasteiger partial charge on any atom is 0.246 e. The highest BCUT2D eigenvalue weighted by atomic mass is 35.5. The minimum absolute atomic E-state index is 0.171. The van der Waals surface area contributed by atoms with Crippen molar-refractivity contribution < 1.29 is 9.59 Å². The zero-order valence-electron chi connectivity index (χ0n) is 11.9. The number of nitrogens with one attached hydrogen (secondary N) is 1. The van der Waals surface area contributed by atoms with Crippen LogP contribution in [0.4, 0.5) is 5.69 Å². The molecule has 0 aromatic heterocycles. The van der Waals surface area contributed by atoms with Crippen LogP contribution in [0.2, 0.25) is 5.02 Å². The van der Waals surface area contributed by atoms with E-state index in [2.05, 4.69) is 11.9 Å². The van der Waals surface area contributed by atoms with Gasteiger partial charge in [-0.15, -0.1) is 6.58 Å². The van der Waals surface area contributed by atoms with Gasteiger partial charge in [0.05, 0.1) is 0 Å². The van der Waals surface area contributed by atoms with Gasteiger partial charge in [-0.25, -0.2) is 0 Å². The van der Waals surface area contributed by atoms with Crippen molar-refractivity contribution in [3.63, 3.8) is 0 Å². The maximum absolute atomic E-state index is 12.2. The first kappa shape index (κ1) is 16.2. The minimum atomic E-state index is -0.580. The van der Waals surface area contributed by atoms with E-state index < -0.39 is 6.04 Å². The molecule has 0 radical (unpaired) electrons. The van der Waals surface area contributed by atoms with Crippen molar-refractivity contribution in [2.45, 2.75) is 26.8 Å². The highest BCUT2D eigenvalue weighted by Gasteiger charge is 2.23. The number of benzene rings is 1. The van der Waals surface area contributed by atoms with Crippen LogP contribution in [0.5, 0.6) is 0 Å². The third-order valence-electron chi connectivity index (χ3n) is 3.10. The first-order valence-corrected chi connectivity index (χ1v) is 6.70. The molecular weight excluding hydrogens is 276 g/mol. The summed E-state index contributed by atoms with van der Waals surface area (Å²) in [5.41, 5.74) is 1.45. The van der Waals surface area contributed by atoms with Gasteiger partial charge in [0.15, 0.2) is 0 Å². The first-order valence-electron chi connectivity index (χ1n) is 6.32. The number of amides is 2. The fourth-order valence-corrected chi connectivity index (χ4v) is 1.99. The van der Waals surface area contributed by atoms with Crippen LogP contribution < -0.4 is 5.32 Å². The van der Waals surface area contributed by atoms with Crippen molar-refractivity contribution in [2.75, 3.05) is 11.9 Å². The van der Waals surface area contributed by atoms with E-state index >= 15 is 0 Å². The predicted molar refractivity (Wildman–Crippen MR) is 81.9 cm³/mol. The van der Waals surface area contributed by atoms with Gasteiger partial charge in [0.1, 0.15) is 6.04 Å². The van der Waals surface area contributed by atoms with Gasteiger partial charge in [0.25, 0.3) is 0 Å². The van der Waals surface area contributed by atoms with Gasteiger partial charge < -0.3 is 10.2 Å². The highest BCUT2D eigenvalue weighted by molar-refractivity contribution is 6.31. The van der Waals surface area contributed by atoms with E-state index in [0.717, 1.165) is 5.56 Å². The normalized spacial score (nSPS) is 11.6. The SMILES string of the molecule is C=CCN(C(C)=O)C(C)C(=O)Nc1cccc(Cl)c1C. The maximum atomic E-state index is 12.2. The lowest BCUT2D eigenvalue weighted by molar-refractivity contribution is -0.135. The Hall–Kier alpha value is -1.81. The molecule has 0 spiro atoms. The zero-order chi connectivity index (χ0) is 15.3. The van der Waals surface area contributed by atoms with Crippen molar-refractivity contribution in [3.8, 4) is 0 Å². The molecule has 4 nitrogen and oxygen atoms in total. The molecule has 0 saturated carbocycles. The molecule has 1 N–H and O–H groups in total. The van der Waals surface area contributed by atoms with Crippen LogP contribution in [0.3, 0.4) is 0 Å². The Labute approximate surface area is 124 Å². The van der Waals surface area contributed by atoms with Gasteiger partial charge in [-0.2, -0.15) is 0 Å². The Balaban J connectivity index is 2.86. The number of hydrogen-bond donors (Lipinski definition) is 1. The average molecular weight is 295 g/mol. The Morgan fingerprint density at radius 2 is 2.15 bits per heavy atom. The molecule has 5 heteroatoms. The van der Waals surface area contributed by atoms with Gasteiger partial charge >= 0.3 is 0 Å². The summed E-state index contributed by atoms with van der Waals surface area (Å²) in [6.07, 6.45) is 1.59. The molecule has 1 atom stereocenters. The van der Waals surface area contributed by atoms with Crippen molar-refractivity contribution >= 4 is 29.1 Å². The third kappa shape index (κ3) is 3.84. The molecule has 1 aromatic rings. The van der Waals surface area contributed by atoms with E-state index in [1.165, 1.54) is 11.8 Å². The molecule has 0 saturated heterocycles. The molecule has 0 fully saturated rings. The molecule has 0 aliphatic carbocycles. The standard InChI is InChI=1S/C15H19ClN2O2/c1-5-9-18(12(4)19)11(3)15(20)17-14-8-6-7-13(16)10(14)2/h5-8,11H,1,9H2,2-4H3,(H,17,20). The van der Waals surface area contributed by atoms with E-state index in [0.29, 0.717) is 17.3 Å². The Kier molecular flexibility index (Phi) is 5.77. The summed E-state index contributed by atoms with van der Waals surface area (Å²) in [6, 6.07) is 4.72. The summed E-state index contributed by atoms with van der Waals surface area (Å²) < 4.78 is 0. The molecule has 2 amide bonds. The van der Waals surface area contributed by atoms with E-state index in [4.69, 9.17) is 11.6 Å². The largest absolute Gasteiger partial charge is 0.327 e. The molecule has 0 heterocycles. The minimum Gasteiger partial charge on any atom is -0.327 e. The smallest absolute Gasteiger partial charge is 0.246 e. The van der Waals surface area contributed by atoms with Crippen LogP contribution in [-0.4, -0.2) is 29.3 Å². The monoisotopic (exact) mass is 294 g/mol. The van der Waals surface area contributed by atoms with Gasteiger partial charge in [-0.05, 0) is 31.5 Å². The molecule has 0 aliphatic rings. The van der Waals surface area contributed by atoms with E-state index in [1.807, 2.05) is 6.92 Å². The average Bonchev–Trinajstić information content (AvgIpc) is 2.40. The van der Waals surface area contributed by atoms with Crippen molar-refractivity contribution in [1.82, 2.24) is 4.90 Å². The summed E-state index contributed by atoms with van der Waals surface area (Å²) >= 11 is 6.01. The second-order valence-electron chi connectivity index (χ2n) is 4.54. The zero-order valence-corrected chi connectivity index (χ0v) is 12.7. The Bertz CT molecular complexity index is 529. The molecular formula is C15H19ClN2O2. The number of carbonyl (C=O) groups excluding carboxylic acids is 2. The number of halogens is 1. The molecule has 0 aliphatic heterocycles. The molecule has 1 rings (SSSR count). The second-order valence-corrected chi connectivity index (χ2v) is 4.94. The fraction of sp³-hybridized carbons (Fsp3) is 0.333. The lowest BCUT2D eigenvalue weighted by atomic mass is 10.2. The summed E-state index contributed by atoms with van der Waals surface area (Å²) in [4.78, 5) is 25.2. The van der Waals surface area contributed by atoms with Crippen molar-refractivity contribution in [1.29, 1.82) is 0 Å². The van der Waals surface area contributed by atoms with Crippen LogP contribution in [0.15, 0.2) is 30.9 Å². The molecule has 0 bridgehead atoms. The van der Waals surface area contributed by atoms with Crippen LogP contribution in [0.1, 0.15) is 19.4 Å². The van der Waals surface area contributed by atoms with Crippen LogP contribution in [-0.2, 0) is 9.59 Å². The number of nitrogens with zero attached hydrogens (tertiary/aromatic N) is 1. The fourth-order valence-electron chi connectivity index (χ4n) is 1.82. The highest BCUT2D eigenvalue weighted by Crippen LogP contribution is 2.23. The summed E-state index contributed by atoms with van der Waals surface area (Å²) in [5, 5.41) is 3.38. The van der Waals surface area contributed by atoms with E-state index in [9.17, 15) is 9.59 Å².